The van der Waals surface area contributed by atoms with Crippen molar-refractivity contribution >= 4 is 10.0 Å². The molecule has 0 radical (unpaired) electrons. The number of hydrogen-bond donors (Lipinski definition) is 2. The third-order valence-corrected chi connectivity index (χ3v) is 5.34. The van der Waals surface area contributed by atoms with Crippen molar-refractivity contribution in [2.24, 2.45) is 0 Å². The Hall–Kier alpha value is -0.950. The van der Waals surface area contributed by atoms with Gasteiger partial charge in [0.1, 0.15) is 0 Å². The number of hydrogen-bond acceptors (Lipinski definition) is 4. The second-order valence-corrected chi connectivity index (χ2v) is 7.17. The predicted octanol–water partition coefficient (Wildman–Crippen LogP) is 1.81. The molecule has 2 atom stereocenters. The van der Waals surface area contributed by atoms with Crippen molar-refractivity contribution in [1.29, 1.82) is 0 Å². The van der Waals surface area contributed by atoms with Crippen LogP contribution in [0.5, 0.6) is 0 Å². The van der Waals surface area contributed by atoms with Crippen molar-refractivity contribution in [3.05, 3.63) is 29.8 Å². The molecule has 2 N–H and O–H groups in total. The van der Waals surface area contributed by atoms with Crippen molar-refractivity contribution in [2.75, 3.05) is 20.2 Å². The zero-order valence-electron chi connectivity index (χ0n) is 12.6. The van der Waals surface area contributed by atoms with E-state index in [1.54, 1.807) is 18.2 Å². The number of nitrogens with one attached hydrogen (secondary N) is 2. The highest BCUT2D eigenvalue weighted by molar-refractivity contribution is 7.89. The van der Waals surface area contributed by atoms with Gasteiger partial charge < -0.3 is 10.1 Å². The number of benzene rings is 1. The molecule has 0 bridgehead atoms. The smallest absolute Gasteiger partial charge is 0.240 e. The fourth-order valence-electron chi connectivity index (χ4n) is 2.43. The van der Waals surface area contributed by atoms with Crippen LogP contribution < -0.4 is 10.0 Å². The highest BCUT2D eigenvalue weighted by Crippen LogP contribution is 2.18. The van der Waals surface area contributed by atoms with Gasteiger partial charge in [0.05, 0.1) is 11.0 Å². The molecule has 1 heterocycles. The van der Waals surface area contributed by atoms with Gasteiger partial charge in [-0.3, -0.25) is 0 Å². The van der Waals surface area contributed by atoms with E-state index in [9.17, 15) is 8.42 Å². The van der Waals surface area contributed by atoms with Gasteiger partial charge in [-0.2, -0.15) is 0 Å². The van der Waals surface area contributed by atoms with E-state index in [1.807, 2.05) is 20.0 Å². The molecule has 6 heteroatoms. The van der Waals surface area contributed by atoms with Crippen LogP contribution in [0, 0.1) is 0 Å². The van der Waals surface area contributed by atoms with Crippen molar-refractivity contribution in [3.8, 4) is 0 Å². The lowest BCUT2D eigenvalue weighted by Crippen LogP contribution is -2.27. The molecule has 2 unspecified atom stereocenters. The average Bonchev–Trinajstić information content (AvgIpc) is 2.99. The second kappa shape index (κ2) is 7.35. The maximum Gasteiger partial charge on any atom is 0.240 e. The van der Waals surface area contributed by atoms with Gasteiger partial charge >= 0.3 is 0 Å². The summed E-state index contributed by atoms with van der Waals surface area (Å²) in [4.78, 5) is 0.314. The van der Waals surface area contributed by atoms with E-state index >= 15 is 0 Å². The third kappa shape index (κ3) is 4.51. The number of rotatable bonds is 7. The van der Waals surface area contributed by atoms with Crippen LogP contribution in [0.2, 0.25) is 0 Å². The molecule has 5 nitrogen and oxygen atoms in total. The van der Waals surface area contributed by atoms with Crippen molar-refractivity contribution in [1.82, 2.24) is 10.0 Å². The summed E-state index contributed by atoms with van der Waals surface area (Å²) >= 11 is 0. The monoisotopic (exact) mass is 312 g/mol. The molecule has 1 aliphatic rings. The molecule has 1 aromatic carbocycles. The van der Waals surface area contributed by atoms with E-state index in [0.717, 1.165) is 31.4 Å². The summed E-state index contributed by atoms with van der Waals surface area (Å²) in [7, 11) is -1.60. The van der Waals surface area contributed by atoms with Crippen LogP contribution in [0.15, 0.2) is 29.2 Å². The Bertz CT molecular complexity index is 554. The van der Waals surface area contributed by atoms with E-state index < -0.39 is 10.0 Å². The molecule has 0 spiro atoms. The van der Waals surface area contributed by atoms with Gasteiger partial charge in [-0.15, -0.1) is 0 Å². The minimum atomic E-state index is -3.45. The summed E-state index contributed by atoms with van der Waals surface area (Å²) < 4.78 is 32.7. The van der Waals surface area contributed by atoms with Gasteiger partial charge in [0, 0.05) is 19.2 Å². The summed E-state index contributed by atoms with van der Waals surface area (Å²) in [5, 5.41) is 3.11. The first-order valence-corrected chi connectivity index (χ1v) is 8.90. The summed E-state index contributed by atoms with van der Waals surface area (Å²) in [6.07, 6.45) is 3.02. The molecule has 1 saturated heterocycles. The fourth-order valence-corrected chi connectivity index (χ4v) is 3.53. The molecule has 1 fully saturated rings. The molecule has 0 aliphatic carbocycles. The van der Waals surface area contributed by atoms with E-state index in [0.29, 0.717) is 11.4 Å². The minimum absolute atomic E-state index is 0.118. The van der Waals surface area contributed by atoms with Gasteiger partial charge in [0.2, 0.25) is 10.0 Å². The molecule has 1 aliphatic heterocycles. The molecule has 0 amide bonds. The van der Waals surface area contributed by atoms with Crippen LogP contribution in [-0.4, -0.2) is 34.7 Å². The van der Waals surface area contributed by atoms with Crippen LogP contribution >= 0.6 is 0 Å². The van der Waals surface area contributed by atoms with Crippen LogP contribution in [0.4, 0.5) is 0 Å². The van der Waals surface area contributed by atoms with E-state index in [2.05, 4.69) is 10.0 Å². The minimum Gasteiger partial charge on any atom is -0.378 e. The average molecular weight is 312 g/mol. The normalized spacial score (nSPS) is 20.6. The first kappa shape index (κ1) is 16.4. The Labute approximate surface area is 127 Å². The Morgan fingerprint density at radius 3 is 2.90 bits per heavy atom. The Balaban J connectivity index is 1.98. The zero-order valence-corrected chi connectivity index (χ0v) is 13.4. The third-order valence-electron chi connectivity index (χ3n) is 3.88. The van der Waals surface area contributed by atoms with Crippen LogP contribution in [0.3, 0.4) is 0 Å². The lowest BCUT2D eigenvalue weighted by Gasteiger charge is -2.13. The van der Waals surface area contributed by atoms with Gasteiger partial charge in [0.15, 0.2) is 0 Å². The number of ether oxygens (including phenoxy) is 1. The Morgan fingerprint density at radius 2 is 2.24 bits per heavy atom. The molecule has 0 aromatic heterocycles. The van der Waals surface area contributed by atoms with E-state index in [-0.39, 0.29) is 12.1 Å². The van der Waals surface area contributed by atoms with E-state index in [4.69, 9.17) is 4.74 Å². The largest absolute Gasteiger partial charge is 0.378 e. The SMILES string of the molecule is CNC(C)c1cccc(S(=O)(=O)NCCC2CCCO2)c1. The summed E-state index contributed by atoms with van der Waals surface area (Å²) in [5.74, 6) is 0. The van der Waals surface area contributed by atoms with Crippen molar-refractivity contribution in [2.45, 2.75) is 43.2 Å². The van der Waals surface area contributed by atoms with E-state index in [1.165, 1.54) is 0 Å². The zero-order chi connectivity index (χ0) is 15.3. The molecule has 1 aromatic rings. The first-order valence-electron chi connectivity index (χ1n) is 7.41. The van der Waals surface area contributed by atoms with Gasteiger partial charge in [0.25, 0.3) is 0 Å². The summed E-state index contributed by atoms with van der Waals surface area (Å²) in [5.41, 5.74) is 0.958. The first-order chi connectivity index (χ1) is 10.0. The second-order valence-electron chi connectivity index (χ2n) is 5.40. The van der Waals surface area contributed by atoms with Crippen molar-refractivity contribution in [3.63, 3.8) is 0 Å². The van der Waals surface area contributed by atoms with Crippen molar-refractivity contribution < 1.29 is 13.2 Å². The van der Waals surface area contributed by atoms with Crippen LogP contribution in [0.25, 0.3) is 0 Å². The van der Waals surface area contributed by atoms with Gasteiger partial charge in [-0.1, -0.05) is 12.1 Å². The summed E-state index contributed by atoms with van der Waals surface area (Å²) in [6, 6.07) is 7.16. The van der Waals surface area contributed by atoms with Gasteiger partial charge in [-0.05, 0) is 50.9 Å². The molecule has 2 rings (SSSR count). The van der Waals surface area contributed by atoms with Gasteiger partial charge in [-0.25, -0.2) is 13.1 Å². The molecular formula is C15H24N2O3S. The Kier molecular flexibility index (Phi) is 5.75. The molecule has 21 heavy (non-hydrogen) atoms. The van der Waals surface area contributed by atoms with Crippen LogP contribution in [-0.2, 0) is 14.8 Å². The Morgan fingerprint density at radius 1 is 1.43 bits per heavy atom. The predicted molar refractivity (Wildman–Crippen MR) is 82.7 cm³/mol. The fraction of sp³-hybridized carbons (Fsp3) is 0.600. The topological polar surface area (TPSA) is 67.4 Å². The molecular weight excluding hydrogens is 288 g/mol. The van der Waals surface area contributed by atoms with Crippen LogP contribution in [0.1, 0.15) is 37.8 Å². The quantitative estimate of drug-likeness (QED) is 0.806. The molecule has 0 saturated carbocycles. The number of sulfonamides is 1. The lowest BCUT2D eigenvalue weighted by molar-refractivity contribution is 0.105. The standard InChI is InChI=1S/C15H24N2O3S/c1-12(16-2)13-5-3-7-15(11-13)21(18,19)17-9-8-14-6-4-10-20-14/h3,5,7,11-12,14,16-17H,4,6,8-10H2,1-2H3. The maximum atomic E-state index is 12.3. The highest BCUT2D eigenvalue weighted by Gasteiger charge is 2.18. The summed E-state index contributed by atoms with van der Waals surface area (Å²) in [6.45, 7) is 3.21. The molecule has 118 valence electrons. The highest BCUT2D eigenvalue weighted by atomic mass is 32.2. The maximum absolute atomic E-state index is 12.3. The lowest BCUT2D eigenvalue weighted by atomic mass is 10.1.